The van der Waals surface area contributed by atoms with E-state index in [1.807, 2.05) is 36.4 Å². The van der Waals surface area contributed by atoms with Crippen molar-refractivity contribution in [1.29, 1.82) is 0 Å². The van der Waals surface area contributed by atoms with Crippen molar-refractivity contribution < 1.29 is 9.13 Å². The van der Waals surface area contributed by atoms with Crippen LogP contribution in [0, 0.1) is 0 Å². The quantitative estimate of drug-likeness (QED) is 0.321. The van der Waals surface area contributed by atoms with Gasteiger partial charge in [-0.25, -0.2) is 14.4 Å². The highest BCUT2D eigenvalue weighted by Crippen LogP contribution is 2.42. The van der Waals surface area contributed by atoms with Gasteiger partial charge in [0, 0.05) is 30.4 Å². The molecule has 2 aromatic carbocycles. The summed E-state index contributed by atoms with van der Waals surface area (Å²) in [4.78, 5) is 10.7. The molecule has 170 valence electrons. The molecular formula is C26H21ClFN5O. The number of hydrogen-bond donors (Lipinski definition) is 0. The molecule has 6 nitrogen and oxygen atoms in total. The van der Waals surface area contributed by atoms with E-state index in [9.17, 15) is 0 Å². The van der Waals surface area contributed by atoms with Gasteiger partial charge in [-0.15, -0.1) is 0 Å². The molecule has 34 heavy (non-hydrogen) atoms. The van der Waals surface area contributed by atoms with Crippen molar-refractivity contribution >= 4 is 29.2 Å². The molecule has 1 saturated heterocycles. The molecule has 0 aliphatic carbocycles. The molecule has 5 rings (SSSR count). The van der Waals surface area contributed by atoms with E-state index in [4.69, 9.17) is 16.3 Å². The van der Waals surface area contributed by atoms with Gasteiger partial charge in [0.1, 0.15) is 16.5 Å². The van der Waals surface area contributed by atoms with E-state index in [2.05, 4.69) is 25.1 Å². The maximum atomic E-state index is 15.4. The van der Waals surface area contributed by atoms with E-state index < -0.39 is 5.83 Å². The lowest BCUT2D eigenvalue weighted by Gasteiger charge is -2.23. The number of rotatable bonds is 6. The summed E-state index contributed by atoms with van der Waals surface area (Å²) in [5.74, 6) is 0.636. The van der Waals surface area contributed by atoms with Crippen molar-refractivity contribution in [3.8, 4) is 22.8 Å². The predicted octanol–water partition coefficient (Wildman–Crippen LogP) is 6.45. The van der Waals surface area contributed by atoms with E-state index in [-0.39, 0.29) is 5.82 Å². The Morgan fingerprint density at radius 1 is 0.971 bits per heavy atom. The molecule has 0 spiro atoms. The average Bonchev–Trinajstić information content (AvgIpc) is 3.41. The molecule has 0 unspecified atom stereocenters. The first kappa shape index (κ1) is 22.0. The SMILES string of the molecule is F/C(=C\c1ccc(Oc2ccccc2)c(Cl)c1N1CCCC1)c1nccc(-c2ccnnc2)n1. The number of anilines is 1. The van der Waals surface area contributed by atoms with Gasteiger partial charge in [0.05, 0.1) is 23.8 Å². The van der Waals surface area contributed by atoms with Crippen molar-refractivity contribution in [2.75, 3.05) is 18.0 Å². The van der Waals surface area contributed by atoms with E-state index in [1.54, 1.807) is 30.6 Å². The number of hydrogen-bond acceptors (Lipinski definition) is 6. The van der Waals surface area contributed by atoms with Crippen molar-refractivity contribution in [3.05, 3.63) is 89.6 Å². The molecule has 0 atom stereocenters. The molecule has 3 heterocycles. The first-order chi connectivity index (χ1) is 16.7. The zero-order valence-electron chi connectivity index (χ0n) is 18.2. The second-order valence-corrected chi connectivity index (χ2v) is 8.19. The van der Waals surface area contributed by atoms with Gasteiger partial charge in [-0.1, -0.05) is 29.8 Å². The van der Waals surface area contributed by atoms with Crippen LogP contribution in [0.25, 0.3) is 23.2 Å². The lowest BCUT2D eigenvalue weighted by Crippen LogP contribution is -2.19. The summed E-state index contributed by atoms with van der Waals surface area (Å²) < 4.78 is 21.4. The van der Waals surface area contributed by atoms with Crippen molar-refractivity contribution in [2.24, 2.45) is 0 Å². The summed E-state index contributed by atoms with van der Waals surface area (Å²) >= 11 is 6.82. The van der Waals surface area contributed by atoms with Crippen LogP contribution in [0.15, 0.2) is 73.2 Å². The average molecular weight is 474 g/mol. The molecule has 8 heteroatoms. The molecule has 0 amide bonds. The van der Waals surface area contributed by atoms with Gasteiger partial charge in [0.2, 0.25) is 0 Å². The molecule has 1 aliphatic heterocycles. The summed E-state index contributed by atoms with van der Waals surface area (Å²) in [6.07, 6.45) is 8.19. The number of halogens is 2. The number of aromatic nitrogens is 4. The predicted molar refractivity (Wildman–Crippen MR) is 131 cm³/mol. The van der Waals surface area contributed by atoms with Gasteiger partial charge in [-0.05, 0) is 55.3 Å². The van der Waals surface area contributed by atoms with Crippen LogP contribution < -0.4 is 9.64 Å². The fourth-order valence-corrected chi connectivity index (χ4v) is 4.24. The molecule has 0 radical (unpaired) electrons. The fourth-order valence-electron chi connectivity index (χ4n) is 3.91. The summed E-state index contributed by atoms with van der Waals surface area (Å²) in [7, 11) is 0. The molecule has 0 N–H and O–H groups in total. The molecule has 1 aliphatic rings. The highest BCUT2D eigenvalue weighted by Gasteiger charge is 2.22. The lowest BCUT2D eigenvalue weighted by atomic mass is 10.1. The zero-order chi connectivity index (χ0) is 23.3. The first-order valence-electron chi connectivity index (χ1n) is 11.0. The largest absolute Gasteiger partial charge is 0.456 e. The Morgan fingerprint density at radius 2 is 1.79 bits per heavy atom. The van der Waals surface area contributed by atoms with E-state index in [0.29, 0.717) is 27.8 Å². The van der Waals surface area contributed by atoms with E-state index >= 15 is 4.39 Å². The van der Waals surface area contributed by atoms with Gasteiger partial charge in [-0.3, -0.25) is 0 Å². The van der Waals surface area contributed by atoms with Gasteiger partial charge in [0.25, 0.3) is 0 Å². The Hall–Kier alpha value is -3.84. The summed E-state index contributed by atoms with van der Waals surface area (Å²) in [5, 5.41) is 8.07. The second kappa shape index (κ2) is 9.97. The molecular weight excluding hydrogens is 453 g/mol. The Morgan fingerprint density at radius 3 is 2.56 bits per heavy atom. The highest BCUT2D eigenvalue weighted by atomic mass is 35.5. The fraction of sp³-hybridized carbons (Fsp3) is 0.154. The van der Waals surface area contributed by atoms with Crippen LogP contribution in [0.3, 0.4) is 0 Å². The molecule has 0 bridgehead atoms. The molecule has 1 fully saturated rings. The highest BCUT2D eigenvalue weighted by molar-refractivity contribution is 6.35. The monoisotopic (exact) mass is 473 g/mol. The third-order valence-corrected chi connectivity index (χ3v) is 5.90. The van der Waals surface area contributed by atoms with Crippen LogP contribution in [-0.4, -0.2) is 33.3 Å². The van der Waals surface area contributed by atoms with Crippen molar-refractivity contribution in [3.63, 3.8) is 0 Å². The number of ether oxygens (including phenoxy) is 1. The van der Waals surface area contributed by atoms with Crippen molar-refractivity contribution in [1.82, 2.24) is 20.2 Å². The lowest BCUT2D eigenvalue weighted by molar-refractivity contribution is 0.483. The molecule has 2 aromatic heterocycles. The van der Waals surface area contributed by atoms with Crippen LogP contribution in [0.5, 0.6) is 11.5 Å². The maximum absolute atomic E-state index is 15.4. The standard InChI is InChI=1S/C26H21ClFN5O/c27-24-23(34-20-6-2-1-3-7-20)9-8-18(25(24)33-14-4-5-15-33)16-21(28)26-29-12-11-22(32-26)19-10-13-30-31-17-19/h1-3,6-13,16-17H,4-5,14-15H2/b21-16-. The number of para-hydroxylation sites is 1. The van der Waals surface area contributed by atoms with Gasteiger partial charge in [-0.2, -0.15) is 10.2 Å². The smallest absolute Gasteiger partial charge is 0.189 e. The third kappa shape index (κ3) is 4.75. The summed E-state index contributed by atoms with van der Waals surface area (Å²) in [6.45, 7) is 1.69. The minimum Gasteiger partial charge on any atom is -0.456 e. The molecule has 4 aromatic rings. The van der Waals surface area contributed by atoms with Gasteiger partial charge in [0.15, 0.2) is 11.7 Å². The van der Waals surface area contributed by atoms with E-state index in [1.165, 1.54) is 12.3 Å². The Bertz CT molecular complexity index is 1310. The van der Waals surface area contributed by atoms with E-state index in [0.717, 1.165) is 37.2 Å². The van der Waals surface area contributed by atoms with Gasteiger partial charge >= 0.3 is 0 Å². The summed E-state index contributed by atoms with van der Waals surface area (Å²) in [5.41, 5.74) is 2.68. The normalized spacial score (nSPS) is 13.8. The minimum atomic E-state index is -0.558. The first-order valence-corrected chi connectivity index (χ1v) is 11.3. The Balaban J connectivity index is 1.52. The Kier molecular flexibility index (Phi) is 6.44. The zero-order valence-corrected chi connectivity index (χ0v) is 19.0. The van der Waals surface area contributed by atoms with Crippen LogP contribution >= 0.6 is 11.6 Å². The van der Waals surface area contributed by atoms with Crippen LogP contribution in [0.4, 0.5) is 10.1 Å². The number of benzene rings is 2. The van der Waals surface area contributed by atoms with Crippen LogP contribution in [-0.2, 0) is 0 Å². The Labute approximate surface area is 201 Å². The summed E-state index contributed by atoms with van der Waals surface area (Å²) in [6, 6.07) is 16.5. The third-order valence-electron chi connectivity index (χ3n) is 5.54. The molecule has 0 saturated carbocycles. The topological polar surface area (TPSA) is 64.0 Å². The number of nitrogens with zero attached hydrogens (tertiary/aromatic N) is 5. The van der Waals surface area contributed by atoms with Crippen LogP contribution in [0.1, 0.15) is 24.2 Å². The van der Waals surface area contributed by atoms with Crippen LogP contribution in [0.2, 0.25) is 5.02 Å². The van der Waals surface area contributed by atoms with Crippen molar-refractivity contribution in [2.45, 2.75) is 12.8 Å². The second-order valence-electron chi connectivity index (χ2n) is 7.81. The maximum Gasteiger partial charge on any atom is 0.189 e. The minimum absolute atomic E-state index is 0.0116. The van der Waals surface area contributed by atoms with Gasteiger partial charge < -0.3 is 9.64 Å².